The van der Waals surface area contributed by atoms with Gasteiger partial charge in [-0.05, 0) is 12.1 Å². The minimum Gasteiger partial charge on any atom is -0.494 e. The molecular weight excluding hydrogens is 180 g/mol. The number of benzene rings is 1. The van der Waals surface area contributed by atoms with Crippen molar-refractivity contribution in [2.24, 2.45) is 4.99 Å². The van der Waals surface area contributed by atoms with E-state index in [0.29, 0.717) is 0 Å². The normalized spacial score (nSPS) is 9.15. The predicted molar refractivity (Wildman–Crippen MR) is 40.7 cm³/mol. The van der Waals surface area contributed by atoms with E-state index in [0.717, 1.165) is 12.1 Å². The summed E-state index contributed by atoms with van der Waals surface area (Å²) >= 11 is 0. The molecule has 68 valence electrons. The molecule has 0 atom stereocenters. The number of carbonyl (C=O) groups excluding carboxylic acids is 1. The topological polar surface area (TPSA) is 38.7 Å². The van der Waals surface area contributed by atoms with E-state index in [2.05, 4.69) is 9.73 Å². The van der Waals surface area contributed by atoms with Crippen LogP contribution >= 0.6 is 0 Å². The van der Waals surface area contributed by atoms with Crippen molar-refractivity contribution in [3.8, 4) is 5.75 Å². The van der Waals surface area contributed by atoms with Crippen molar-refractivity contribution in [2.75, 3.05) is 7.11 Å². The maximum atomic E-state index is 12.9. The molecule has 1 rings (SSSR count). The fourth-order valence-electron chi connectivity index (χ4n) is 0.837. The Kier molecular flexibility index (Phi) is 2.72. The fraction of sp³-hybridized carbons (Fsp3) is 0.125. The number of rotatable bonds is 2. The summed E-state index contributed by atoms with van der Waals surface area (Å²) in [7, 11) is 1.26. The lowest BCUT2D eigenvalue weighted by Gasteiger charge is -2.03. The molecule has 0 saturated heterocycles. The zero-order valence-corrected chi connectivity index (χ0v) is 6.67. The Balaban J connectivity index is 3.40. The van der Waals surface area contributed by atoms with E-state index >= 15 is 0 Å². The monoisotopic (exact) mass is 185 g/mol. The summed E-state index contributed by atoms with van der Waals surface area (Å²) in [6.45, 7) is 0. The van der Waals surface area contributed by atoms with E-state index in [4.69, 9.17) is 0 Å². The second-order valence-corrected chi connectivity index (χ2v) is 2.12. The number of halogens is 2. The largest absolute Gasteiger partial charge is 0.494 e. The van der Waals surface area contributed by atoms with Gasteiger partial charge >= 0.3 is 0 Å². The molecule has 1 aromatic rings. The van der Waals surface area contributed by atoms with E-state index in [1.165, 1.54) is 13.2 Å². The third kappa shape index (κ3) is 1.71. The van der Waals surface area contributed by atoms with E-state index in [9.17, 15) is 13.6 Å². The van der Waals surface area contributed by atoms with Gasteiger partial charge in [-0.1, -0.05) is 0 Å². The van der Waals surface area contributed by atoms with E-state index in [1.54, 1.807) is 0 Å². The first kappa shape index (κ1) is 9.35. The summed E-state index contributed by atoms with van der Waals surface area (Å²) < 4.78 is 30.2. The smallest absolute Gasteiger partial charge is 0.240 e. The number of hydrogen-bond acceptors (Lipinski definition) is 3. The number of methoxy groups -OCH3 is 1. The summed E-state index contributed by atoms with van der Waals surface area (Å²) in [5, 5.41) is 0. The third-order valence-corrected chi connectivity index (χ3v) is 1.41. The molecule has 0 aliphatic heterocycles. The quantitative estimate of drug-likeness (QED) is 0.521. The van der Waals surface area contributed by atoms with E-state index in [1.807, 2.05) is 0 Å². The average Bonchev–Trinajstić information content (AvgIpc) is 2.14. The van der Waals surface area contributed by atoms with Crippen LogP contribution in [-0.4, -0.2) is 13.2 Å². The number of ether oxygens (including phenoxy) is 1. The zero-order valence-electron chi connectivity index (χ0n) is 6.67. The van der Waals surface area contributed by atoms with Gasteiger partial charge in [-0.3, -0.25) is 0 Å². The molecule has 0 saturated carbocycles. The number of hydrogen-bond donors (Lipinski definition) is 0. The van der Waals surface area contributed by atoms with Crippen molar-refractivity contribution in [2.45, 2.75) is 0 Å². The summed E-state index contributed by atoms with van der Waals surface area (Å²) in [5.74, 6) is -2.32. The number of isocyanates is 1. The fourth-order valence-corrected chi connectivity index (χ4v) is 0.837. The molecule has 0 N–H and O–H groups in total. The molecule has 5 heteroatoms. The highest BCUT2D eigenvalue weighted by Gasteiger charge is 2.13. The Bertz CT molecular complexity index is 373. The van der Waals surface area contributed by atoms with Crippen LogP contribution in [-0.2, 0) is 4.79 Å². The second kappa shape index (κ2) is 3.78. The summed E-state index contributed by atoms with van der Waals surface area (Å²) in [4.78, 5) is 12.9. The molecule has 13 heavy (non-hydrogen) atoms. The van der Waals surface area contributed by atoms with Gasteiger partial charge in [0, 0.05) is 0 Å². The van der Waals surface area contributed by atoms with Gasteiger partial charge in [-0.25, -0.2) is 13.6 Å². The second-order valence-electron chi connectivity index (χ2n) is 2.12. The van der Waals surface area contributed by atoms with E-state index in [-0.39, 0.29) is 5.75 Å². The summed E-state index contributed by atoms with van der Waals surface area (Å²) in [5.41, 5.74) is -0.475. The van der Waals surface area contributed by atoms with Gasteiger partial charge in [0.2, 0.25) is 6.08 Å². The third-order valence-electron chi connectivity index (χ3n) is 1.41. The Morgan fingerprint density at radius 2 is 2.15 bits per heavy atom. The maximum absolute atomic E-state index is 12.9. The molecule has 0 radical (unpaired) electrons. The molecule has 1 aromatic carbocycles. The first-order valence-electron chi connectivity index (χ1n) is 3.30. The van der Waals surface area contributed by atoms with Gasteiger partial charge in [-0.15, -0.1) is 0 Å². The Morgan fingerprint density at radius 3 is 2.69 bits per heavy atom. The van der Waals surface area contributed by atoms with Gasteiger partial charge in [0.25, 0.3) is 0 Å². The lowest BCUT2D eigenvalue weighted by atomic mass is 10.2. The highest BCUT2D eigenvalue weighted by atomic mass is 19.2. The van der Waals surface area contributed by atoms with Gasteiger partial charge in [0.05, 0.1) is 7.11 Å². The molecular formula is C8H5F2NO2. The molecule has 0 unspecified atom stereocenters. The zero-order chi connectivity index (χ0) is 9.84. The van der Waals surface area contributed by atoms with Crippen LogP contribution in [0.2, 0.25) is 0 Å². The van der Waals surface area contributed by atoms with Crippen LogP contribution in [0.5, 0.6) is 5.75 Å². The Morgan fingerprint density at radius 1 is 1.46 bits per heavy atom. The lowest BCUT2D eigenvalue weighted by Crippen LogP contribution is -1.89. The molecule has 0 fully saturated rings. The van der Waals surface area contributed by atoms with Crippen molar-refractivity contribution >= 4 is 11.8 Å². The van der Waals surface area contributed by atoms with Gasteiger partial charge in [0.15, 0.2) is 17.3 Å². The predicted octanol–water partition coefficient (Wildman–Crippen LogP) is 1.94. The van der Waals surface area contributed by atoms with Gasteiger partial charge in [-0.2, -0.15) is 4.99 Å². The van der Waals surface area contributed by atoms with Crippen LogP contribution in [0.4, 0.5) is 14.5 Å². The van der Waals surface area contributed by atoms with Crippen molar-refractivity contribution in [1.82, 2.24) is 0 Å². The Labute approximate surface area is 72.7 Å². The maximum Gasteiger partial charge on any atom is 0.240 e. The number of nitrogens with zero attached hydrogens (tertiary/aromatic N) is 1. The number of aliphatic imine (C=N–C) groups is 1. The molecule has 0 spiro atoms. The van der Waals surface area contributed by atoms with Crippen LogP contribution in [0.1, 0.15) is 0 Å². The minimum atomic E-state index is -1.22. The molecule has 3 nitrogen and oxygen atoms in total. The van der Waals surface area contributed by atoms with Crippen molar-refractivity contribution in [1.29, 1.82) is 0 Å². The van der Waals surface area contributed by atoms with Gasteiger partial charge in [0.1, 0.15) is 5.75 Å². The Hall–Kier alpha value is -1.74. The molecule has 0 amide bonds. The van der Waals surface area contributed by atoms with Crippen molar-refractivity contribution < 1.29 is 18.3 Å². The van der Waals surface area contributed by atoms with Crippen molar-refractivity contribution in [3.63, 3.8) is 0 Å². The van der Waals surface area contributed by atoms with Crippen LogP contribution in [0.3, 0.4) is 0 Å². The first-order chi connectivity index (χ1) is 6.20. The first-order valence-corrected chi connectivity index (χ1v) is 3.30. The summed E-state index contributed by atoms with van der Waals surface area (Å²) in [6, 6.07) is 2.06. The molecule has 0 bridgehead atoms. The molecule has 0 heterocycles. The lowest BCUT2D eigenvalue weighted by molar-refractivity contribution is 0.408. The molecule has 0 aliphatic rings. The highest BCUT2D eigenvalue weighted by molar-refractivity contribution is 5.58. The van der Waals surface area contributed by atoms with Gasteiger partial charge < -0.3 is 4.74 Å². The minimum absolute atomic E-state index is 0.0118. The summed E-state index contributed by atoms with van der Waals surface area (Å²) in [6.07, 6.45) is 1.12. The van der Waals surface area contributed by atoms with Crippen LogP contribution < -0.4 is 4.74 Å². The van der Waals surface area contributed by atoms with Crippen LogP contribution in [0.15, 0.2) is 17.1 Å². The standard InChI is InChI=1S/C8H5F2NO2/c1-13-6-3-2-5(9)7(10)8(6)11-4-12/h2-3H,1H3. The molecule has 0 aromatic heterocycles. The van der Waals surface area contributed by atoms with Crippen LogP contribution in [0.25, 0.3) is 0 Å². The molecule has 0 aliphatic carbocycles. The average molecular weight is 185 g/mol. The van der Waals surface area contributed by atoms with Crippen molar-refractivity contribution in [3.05, 3.63) is 23.8 Å². The van der Waals surface area contributed by atoms with Crippen LogP contribution in [0, 0.1) is 11.6 Å². The SMILES string of the molecule is COc1ccc(F)c(F)c1N=C=O. The van der Waals surface area contributed by atoms with E-state index < -0.39 is 17.3 Å². The highest BCUT2D eigenvalue weighted by Crippen LogP contribution is 2.31.